The maximum absolute atomic E-state index is 5.38. The minimum Gasteiger partial charge on any atom is -0.310 e. The Morgan fingerprint density at radius 3 is 2.03 bits per heavy atom. The second-order valence-corrected chi connectivity index (χ2v) is 15.3. The lowest BCUT2D eigenvalue weighted by Gasteiger charge is -2.15. The second kappa shape index (κ2) is 13.7. The van der Waals surface area contributed by atoms with E-state index in [-0.39, 0.29) is 0 Å². The topological polar surface area (TPSA) is 35.6 Å². The smallest absolute Gasteiger partial charge is 0.160 e. The molecule has 1 aliphatic rings. The summed E-state index contributed by atoms with van der Waals surface area (Å²) in [5.41, 5.74) is 15.8. The molecule has 1 aliphatic carbocycles. The number of para-hydroxylation sites is 2. The van der Waals surface area contributed by atoms with Gasteiger partial charge in [0.05, 0.1) is 33.3 Å². The van der Waals surface area contributed by atoms with Gasteiger partial charge < -0.3 is 9.13 Å². The Balaban J connectivity index is 1.12. The van der Waals surface area contributed by atoms with Crippen molar-refractivity contribution in [3.8, 4) is 39.5 Å². The van der Waals surface area contributed by atoms with Crippen LogP contribution in [-0.4, -0.2) is 19.1 Å². The fourth-order valence-electron chi connectivity index (χ4n) is 9.10. The van der Waals surface area contributed by atoms with Crippen LogP contribution < -0.4 is 0 Å². The maximum atomic E-state index is 5.38. The van der Waals surface area contributed by atoms with Crippen molar-refractivity contribution in [2.24, 2.45) is 0 Å². The highest BCUT2D eigenvalue weighted by molar-refractivity contribution is 6.13. The summed E-state index contributed by atoms with van der Waals surface area (Å²) < 4.78 is 4.84. The van der Waals surface area contributed by atoms with Gasteiger partial charge in [-0.25, -0.2) is 9.97 Å². The maximum Gasteiger partial charge on any atom is 0.160 e. The van der Waals surface area contributed by atoms with E-state index in [9.17, 15) is 0 Å². The predicted molar refractivity (Wildman–Crippen MR) is 245 cm³/mol. The largest absolute Gasteiger partial charge is 0.310 e. The van der Waals surface area contributed by atoms with Crippen molar-refractivity contribution in [3.63, 3.8) is 0 Å². The van der Waals surface area contributed by atoms with Gasteiger partial charge in [0.1, 0.15) is 0 Å². The first-order valence-electron chi connectivity index (χ1n) is 20.2. The van der Waals surface area contributed by atoms with Gasteiger partial charge in [-0.2, -0.15) is 0 Å². The molecule has 3 aromatic heterocycles. The van der Waals surface area contributed by atoms with Crippen LogP contribution >= 0.6 is 0 Å². The van der Waals surface area contributed by atoms with E-state index >= 15 is 0 Å². The second-order valence-electron chi connectivity index (χ2n) is 15.3. The molecule has 0 aliphatic heterocycles. The Kier molecular flexibility index (Phi) is 8.04. The lowest BCUT2D eigenvalue weighted by Crippen LogP contribution is -1.99. The molecule has 7 aromatic carbocycles. The fourth-order valence-corrected chi connectivity index (χ4v) is 9.10. The average molecular weight is 745 g/mol. The third kappa shape index (κ3) is 5.44. The summed E-state index contributed by atoms with van der Waals surface area (Å²) in [6.45, 7) is 4.32. The van der Waals surface area contributed by atoms with Gasteiger partial charge in [0.15, 0.2) is 5.82 Å². The van der Waals surface area contributed by atoms with Crippen molar-refractivity contribution in [1.82, 2.24) is 19.1 Å². The molecule has 0 radical (unpaired) electrons. The van der Waals surface area contributed by atoms with Crippen molar-refractivity contribution < 1.29 is 0 Å². The lowest BCUT2D eigenvalue weighted by atomic mass is 9.98. The third-order valence-corrected chi connectivity index (χ3v) is 11.8. The number of allylic oxidation sites excluding steroid dienone is 5. The Morgan fingerprint density at radius 1 is 0.534 bits per heavy atom. The van der Waals surface area contributed by atoms with E-state index in [4.69, 9.17) is 9.97 Å². The van der Waals surface area contributed by atoms with Crippen molar-refractivity contribution in [2.45, 2.75) is 26.7 Å². The molecule has 0 spiro atoms. The standard InChI is InChI=1S/C54H40N4/c1-3-15-36-26-29-45-43-22-10-13-25-50(43)58(53(45)35(36)2)42-21-14-18-40(32-42)52-47-34-38(27-30-48(47)55-54(56-52)37-16-6-4-7-17-37)39-28-31-51-46(33-39)44-23-11-12-24-49(44)57(51)41-19-8-5-9-20-41/h3-4,6-8,10-34H,5,9H2,1-2H3/b15-3-. The Morgan fingerprint density at radius 2 is 1.24 bits per heavy atom. The summed E-state index contributed by atoms with van der Waals surface area (Å²) in [6.07, 6.45) is 13.4. The van der Waals surface area contributed by atoms with Crippen LogP contribution in [0, 0.1) is 6.92 Å². The molecule has 0 saturated carbocycles. The molecular formula is C54H40N4. The van der Waals surface area contributed by atoms with E-state index in [2.05, 4.69) is 187 Å². The van der Waals surface area contributed by atoms with Gasteiger partial charge in [0, 0.05) is 49.4 Å². The molecule has 58 heavy (non-hydrogen) atoms. The van der Waals surface area contributed by atoms with E-state index in [0.717, 1.165) is 57.4 Å². The Labute approximate surface area is 337 Å². The van der Waals surface area contributed by atoms with Gasteiger partial charge in [-0.05, 0) is 104 Å². The van der Waals surface area contributed by atoms with Gasteiger partial charge in [-0.3, -0.25) is 0 Å². The summed E-state index contributed by atoms with van der Waals surface area (Å²) in [5.74, 6) is 0.713. The van der Waals surface area contributed by atoms with Crippen molar-refractivity contribution in [3.05, 3.63) is 187 Å². The Hall–Kier alpha value is -7.30. The van der Waals surface area contributed by atoms with Gasteiger partial charge in [0.25, 0.3) is 0 Å². The molecule has 10 aromatic rings. The number of benzene rings is 7. The van der Waals surface area contributed by atoms with E-state index in [1.54, 1.807) is 0 Å². The highest BCUT2D eigenvalue weighted by Gasteiger charge is 2.19. The zero-order valence-corrected chi connectivity index (χ0v) is 32.5. The lowest BCUT2D eigenvalue weighted by molar-refractivity contribution is 1.02. The SMILES string of the molecule is C/C=C\c1ccc2c3ccccc3n(-c3cccc(-c4nc(-c5ccccc5)nc5ccc(-c6ccc7c(c6)c6ccccc6n7C6=CCCC=C6)cc45)c3)c2c1C. The first kappa shape index (κ1) is 34.0. The number of aromatic nitrogens is 4. The molecule has 4 heteroatoms. The van der Waals surface area contributed by atoms with Crippen LogP contribution in [0.25, 0.3) is 106 Å². The highest BCUT2D eigenvalue weighted by atomic mass is 15.0. The molecule has 0 amide bonds. The molecule has 11 rings (SSSR count). The summed E-state index contributed by atoms with van der Waals surface area (Å²) in [5, 5.41) is 6.01. The third-order valence-electron chi connectivity index (χ3n) is 11.8. The molecule has 0 fully saturated rings. The molecule has 0 N–H and O–H groups in total. The molecule has 4 nitrogen and oxygen atoms in total. The normalized spacial score (nSPS) is 13.2. The number of nitrogens with zero attached hydrogens (tertiary/aromatic N) is 4. The van der Waals surface area contributed by atoms with E-state index in [1.165, 1.54) is 60.4 Å². The highest BCUT2D eigenvalue weighted by Crippen LogP contribution is 2.40. The van der Waals surface area contributed by atoms with Crippen molar-refractivity contribution in [2.75, 3.05) is 0 Å². The van der Waals surface area contributed by atoms with E-state index in [1.807, 2.05) is 18.2 Å². The quantitative estimate of drug-likeness (QED) is 0.170. The zero-order chi connectivity index (χ0) is 38.7. The first-order valence-corrected chi connectivity index (χ1v) is 20.2. The molecule has 0 bridgehead atoms. The van der Waals surface area contributed by atoms with Crippen LogP contribution in [0.2, 0.25) is 0 Å². The van der Waals surface area contributed by atoms with Crippen molar-refractivity contribution in [1.29, 1.82) is 0 Å². The number of fused-ring (bicyclic) bond motifs is 7. The number of rotatable bonds is 6. The Bertz CT molecular complexity index is 3350. The summed E-state index contributed by atoms with van der Waals surface area (Å²) >= 11 is 0. The molecule has 0 unspecified atom stereocenters. The van der Waals surface area contributed by atoms with Crippen LogP contribution in [0.4, 0.5) is 0 Å². The van der Waals surface area contributed by atoms with Gasteiger partial charge in [-0.1, -0.05) is 127 Å². The monoisotopic (exact) mass is 744 g/mol. The number of aryl methyl sites for hydroxylation is 1. The molecule has 276 valence electrons. The van der Waals surface area contributed by atoms with Crippen LogP contribution in [0.1, 0.15) is 30.9 Å². The van der Waals surface area contributed by atoms with Crippen LogP contribution in [0.5, 0.6) is 0 Å². The molecule has 0 saturated heterocycles. The molecule has 3 heterocycles. The minimum atomic E-state index is 0.713. The van der Waals surface area contributed by atoms with Gasteiger partial charge >= 0.3 is 0 Å². The minimum absolute atomic E-state index is 0.713. The van der Waals surface area contributed by atoms with E-state index < -0.39 is 0 Å². The van der Waals surface area contributed by atoms with Crippen LogP contribution in [-0.2, 0) is 0 Å². The van der Waals surface area contributed by atoms with Crippen LogP contribution in [0.15, 0.2) is 176 Å². The molecule has 0 atom stereocenters. The summed E-state index contributed by atoms with van der Waals surface area (Å²) in [7, 11) is 0. The summed E-state index contributed by atoms with van der Waals surface area (Å²) in [4.78, 5) is 10.5. The predicted octanol–water partition coefficient (Wildman–Crippen LogP) is 14.4. The summed E-state index contributed by atoms with van der Waals surface area (Å²) in [6, 6.07) is 54.7. The van der Waals surface area contributed by atoms with Crippen molar-refractivity contribution >= 4 is 66.3 Å². The van der Waals surface area contributed by atoms with Crippen LogP contribution in [0.3, 0.4) is 0 Å². The van der Waals surface area contributed by atoms with Gasteiger partial charge in [0.2, 0.25) is 0 Å². The average Bonchev–Trinajstić information content (AvgIpc) is 3.81. The van der Waals surface area contributed by atoms with Gasteiger partial charge in [-0.15, -0.1) is 0 Å². The number of hydrogen-bond acceptors (Lipinski definition) is 2. The van der Waals surface area contributed by atoms with E-state index in [0.29, 0.717) is 5.82 Å². The first-order chi connectivity index (χ1) is 28.6. The zero-order valence-electron chi connectivity index (χ0n) is 32.5. The number of hydrogen-bond donors (Lipinski definition) is 0. The fraction of sp³-hybridized carbons (Fsp3) is 0.0741. The molecular weight excluding hydrogens is 705 g/mol.